The summed E-state index contributed by atoms with van der Waals surface area (Å²) in [5, 5.41) is 0. The lowest BCUT2D eigenvalue weighted by Crippen LogP contribution is -2.02. The average molecular weight is 186 g/mol. The van der Waals surface area contributed by atoms with Crippen LogP contribution in [0.5, 0.6) is 0 Å². The van der Waals surface area contributed by atoms with Gasteiger partial charge in [-0.3, -0.25) is 8.37 Å². The van der Waals surface area contributed by atoms with Crippen molar-refractivity contribution in [1.29, 1.82) is 0 Å². The van der Waals surface area contributed by atoms with Crippen molar-refractivity contribution >= 4 is 11.4 Å². The van der Waals surface area contributed by atoms with E-state index < -0.39 is 11.4 Å². The zero-order valence-corrected chi connectivity index (χ0v) is 7.86. The lowest BCUT2D eigenvalue weighted by atomic mass is 10.6. The summed E-state index contributed by atoms with van der Waals surface area (Å²) < 4.78 is 20.0. The van der Waals surface area contributed by atoms with Gasteiger partial charge < -0.3 is 0 Å². The van der Waals surface area contributed by atoms with Crippen LogP contribution in [0, 0.1) is 23.7 Å². The Morgan fingerprint density at radius 2 is 1.50 bits per heavy atom. The minimum Gasteiger partial charge on any atom is -0.255 e. The average Bonchev–Trinajstić information content (AvgIpc) is 2.06. The molecule has 12 heavy (non-hydrogen) atoms. The van der Waals surface area contributed by atoms with Gasteiger partial charge in [0.2, 0.25) is 0 Å². The summed E-state index contributed by atoms with van der Waals surface area (Å²) in [5.74, 6) is 10.4. The Bertz CT molecular complexity index is 225. The normalized spacial score (nSPS) is 8.25. The van der Waals surface area contributed by atoms with E-state index in [1.54, 1.807) is 13.8 Å². The summed E-state index contributed by atoms with van der Waals surface area (Å²) in [6.07, 6.45) is 0. The smallest absolute Gasteiger partial charge is 0.255 e. The van der Waals surface area contributed by atoms with Crippen LogP contribution in [0.25, 0.3) is 0 Å². The van der Waals surface area contributed by atoms with Crippen LogP contribution in [-0.2, 0) is 19.7 Å². The Labute approximate surface area is 75.3 Å². The van der Waals surface area contributed by atoms with Gasteiger partial charge in [-0.25, -0.2) is 0 Å². The van der Waals surface area contributed by atoms with Crippen LogP contribution >= 0.6 is 0 Å². The second-order valence-electron chi connectivity index (χ2n) is 1.58. The van der Waals surface area contributed by atoms with Crippen LogP contribution in [0.4, 0.5) is 0 Å². The van der Waals surface area contributed by atoms with Gasteiger partial charge in [0.05, 0.1) is 0 Å². The molecule has 0 amide bonds. The SMILES string of the molecule is CC#CCOS(=O)OCC#CC. The lowest BCUT2D eigenvalue weighted by Gasteiger charge is -1.95. The standard InChI is InChI=1S/C8H10O3S/c1-3-5-7-10-12(9)11-8-6-4-2/h7-8H2,1-2H3. The van der Waals surface area contributed by atoms with Crippen LogP contribution in [0.2, 0.25) is 0 Å². The molecule has 0 heterocycles. The maximum Gasteiger partial charge on any atom is 0.306 e. The van der Waals surface area contributed by atoms with Gasteiger partial charge >= 0.3 is 11.4 Å². The maximum atomic E-state index is 10.7. The summed E-state index contributed by atoms with van der Waals surface area (Å²) in [6, 6.07) is 0. The first kappa shape index (κ1) is 11.2. The molecule has 0 aliphatic rings. The summed E-state index contributed by atoms with van der Waals surface area (Å²) in [4.78, 5) is 0. The molecule has 0 atom stereocenters. The van der Waals surface area contributed by atoms with Gasteiger partial charge in [-0.05, 0) is 13.8 Å². The molecule has 4 heteroatoms. The molecule has 66 valence electrons. The fourth-order valence-electron chi connectivity index (χ4n) is 0.334. The van der Waals surface area contributed by atoms with Gasteiger partial charge in [0.25, 0.3) is 0 Å². The third-order valence-corrected chi connectivity index (χ3v) is 1.43. The highest BCUT2D eigenvalue weighted by molar-refractivity contribution is 7.75. The molecule has 0 aliphatic heterocycles. The molecule has 0 aromatic rings. The van der Waals surface area contributed by atoms with E-state index in [4.69, 9.17) is 0 Å². The molecule has 0 fully saturated rings. The molecule has 0 N–H and O–H groups in total. The van der Waals surface area contributed by atoms with Crippen molar-refractivity contribution in [1.82, 2.24) is 0 Å². The second-order valence-corrected chi connectivity index (χ2v) is 2.46. The van der Waals surface area contributed by atoms with E-state index in [-0.39, 0.29) is 13.2 Å². The van der Waals surface area contributed by atoms with Gasteiger partial charge in [-0.1, -0.05) is 11.8 Å². The summed E-state index contributed by atoms with van der Waals surface area (Å²) in [5.41, 5.74) is 0. The van der Waals surface area contributed by atoms with Crippen molar-refractivity contribution in [3.63, 3.8) is 0 Å². The molecular weight excluding hydrogens is 176 g/mol. The first-order chi connectivity index (χ1) is 5.81. The highest BCUT2D eigenvalue weighted by Crippen LogP contribution is 1.86. The van der Waals surface area contributed by atoms with Crippen molar-refractivity contribution in [2.24, 2.45) is 0 Å². The van der Waals surface area contributed by atoms with Crippen molar-refractivity contribution in [3.05, 3.63) is 0 Å². The van der Waals surface area contributed by atoms with Gasteiger partial charge in [0.1, 0.15) is 13.2 Å². The Morgan fingerprint density at radius 1 is 1.08 bits per heavy atom. The molecule has 0 spiro atoms. The monoisotopic (exact) mass is 186 g/mol. The number of rotatable bonds is 4. The Morgan fingerprint density at radius 3 is 1.83 bits per heavy atom. The summed E-state index contributed by atoms with van der Waals surface area (Å²) in [6.45, 7) is 3.58. The highest BCUT2D eigenvalue weighted by atomic mass is 32.2. The largest absolute Gasteiger partial charge is 0.306 e. The fraction of sp³-hybridized carbons (Fsp3) is 0.500. The lowest BCUT2D eigenvalue weighted by molar-refractivity contribution is 0.295. The molecule has 0 bridgehead atoms. The van der Waals surface area contributed by atoms with Gasteiger partial charge in [-0.15, -0.1) is 11.8 Å². The minimum absolute atomic E-state index is 0.114. The second kappa shape index (κ2) is 8.29. The van der Waals surface area contributed by atoms with Crippen molar-refractivity contribution < 1.29 is 12.6 Å². The predicted octanol–water partition coefficient (Wildman–Crippen LogP) is 0.645. The van der Waals surface area contributed by atoms with Crippen LogP contribution in [0.1, 0.15) is 13.8 Å². The van der Waals surface area contributed by atoms with E-state index >= 15 is 0 Å². The van der Waals surface area contributed by atoms with E-state index in [9.17, 15) is 4.21 Å². The molecule has 0 aromatic carbocycles. The topological polar surface area (TPSA) is 35.5 Å². The molecule has 0 aromatic heterocycles. The van der Waals surface area contributed by atoms with Crippen LogP contribution in [-0.4, -0.2) is 17.4 Å². The third-order valence-electron chi connectivity index (χ3n) is 0.808. The minimum atomic E-state index is -1.73. The first-order valence-electron chi connectivity index (χ1n) is 3.28. The number of hydrogen-bond acceptors (Lipinski definition) is 3. The first-order valence-corrected chi connectivity index (χ1v) is 4.28. The van der Waals surface area contributed by atoms with E-state index in [0.29, 0.717) is 0 Å². The summed E-state index contributed by atoms with van der Waals surface area (Å²) in [7, 11) is 0. The zero-order valence-electron chi connectivity index (χ0n) is 7.05. The van der Waals surface area contributed by atoms with E-state index in [0.717, 1.165) is 0 Å². The van der Waals surface area contributed by atoms with E-state index in [2.05, 4.69) is 32.0 Å². The van der Waals surface area contributed by atoms with Crippen LogP contribution < -0.4 is 0 Å². The summed E-state index contributed by atoms with van der Waals surface area (Å²) >= 11 is -1.73. The van der Waals surface area contributed by atoms with E-state index in [1.165, 1.54) is 0 Å². The molecule has 0 rings (SSSR count). The Kier molecular flexibility index (Phi) is 7.73. The number of hydrogen-bond donors (Lipinski definition) is 0. The fourth-order valence-corrected chi connectivity index (χ4v) is 0.712. The molecule has 3 nitrogen and oxygen atoms in total. The molecule has 0 aliphatic carbocycles. The van der Waals surface area contributed by atoms with Crippen LogP contribution in [0.15, 0.2) is 0 Å². The Balaban J connectivity index is 3.42. The molecular formula is C8H10O3S. The van der Waals surface area contributed by atoms with Crippen molar-refractivity contribution in [2.75, 3.05) is 13.2 Å². The van der Waals surface area contributed by atoms with Gasteiger partial charge in [-0.2, -0.15) is 4.21 Å². The zero-order chi connectivity index (χ0) is 9.23. The van der Waals surface area contributed by atoms with Gasteiger partial charge in [0, 0.05) is 0 Å². The molecule has 0 saturated carbocycles. The van der Waals surface area contributed by atoms with Crippen molar-refractivity contribution in [2.45, 2.75) is 13.8 Å². The van der Waals surface area contributed by atoms with Crippen molar-refractivity contribution in [3.8, 4) is 23.7 Å². The van der Waals surface area contributed by atoms with Crippen LogP contribution in [0.3, 0.4) is 0 Å². The molecule has 0 unspecified atom stereocenters. The molecule has 0 radical (unpaired) electrons. The third kappa shape index (κ3) is 7.30. The highest BCUT2D eigenvalue weighted by Gasteiger charge is 1.95. The quantitative estimate of drug-likeness (QED) is 0.604. The Hall–Kier alpha value is -0.810. The van der Waals surface area contributed by atoms with Gasteiger partial charge in [0.15, 0.2) is 0 Å². The molecule has 0 saturated heterocycles. The maximum absolute atomic E-state index is 10.7. The predicted molar refractivity (Wildman–Crippen MR) is 46.9 cm³/mol. The van der Waals surface area contributed by atoms with E-state index in [1.807, 2.05) is 0 Å².